The molecule has 21 heavy (non-hydrogen) atoms. The Bertz CT molecular complexity index is 831. The average molecular weight is 362 g/mol. The Kier molecular flexibility index (Phi) is 3.75. The molecule has 0 atom stereocenters. The van der Waals surface area contributed by atoms with Gasteiger partial charge < -0.3 is 11.1 Å². The second-order valence-electron chi connectivity index (χ2n) is 4.14. The number of aromatic nitrogens is 2. The van der Waals surface area contributed by atoms with Crippen molar-refractivity contribution in [1.29, 1.82) is 0 Å². The van der Waals surface area contributed by atoms with Crippen LogP contribution in [0.5, 0.6) is 0 Å². The van der Waals surface area contributed by atoms with Crippen LogP contribution >= 0.6 is 34.8 Å². The average Bonchev–Trinajstić information content (AvgIpc) is 2.89. The van der Waals surface area contributed by atoms with Crippen LogP contribution < -0.4 is 11.1 Å². The minimum absolute atomic E-state index is 0.0851. The third-order valence-corrected chi connectivity index (χ3v) is 4.08. The minimum Gasteiger partial charge on any atom is -0.394 e. The fraction of sp³-hybridized carbons (Fsp3) is 0.0909. The molecule has 2 heterocycles. The van der Waals surface area contributed by atoms with Gasteiger partial charge in [-0.1, -0.05) is 23.2 Å². The quantitative estimate of drug-likeness (QED) is 0.642. The summed E-state index contributed by atoms with van der Waals surface area (Å²) in [5, 5.41) is 3.93. The summed E-state index contributed by atoms with van der Waals surface area (Å²) in [4.78, 5) is 8.04. The normalized spacial score (nSPS) is 12.2. The lowest BCUT2D eigenvalue weighted by molar-refractivity contribution is 1.11. The predicted molar refractivity (Wildman–Crippen MR) is 87.5 cm³/mol. The summed E-state index contributed by atoms with van der Waals surface area (Å²) >= 11 is 19.2. The van der Waals surface area contributed by atoms with Gasteiger partial charge in [-0.2, -0.15) is 13.7 Å². The molecule has 1 aliphatic heterocycles. The number of rotatable bonds is 2. The number of nitrogens with zero attached hydrogens (tertiary/aromatic N) is 4. The van der Waals surface area contributed by atoms with E-state index in [1.807, 2.05) is 0 Å². The molecule has 1 aromatic heterocycles. The summed E-state index contributed by atoms with van der Waals surface area (Å²) in [5.74, 6) is 0.353. The highest BCUT2D eigenvalue weighted by atomic mass is 35.5. The van der Waals surface area contributed by atoms with Crippen molar-refractivity contribution >= 4 is 74.7 Å². The lowest BCUT2D eigenvalue weighted by Crippen LogP contribution is -2.04. The largest absolute Gasteiger partial charge is 0.394 e. The molecule has 0 bridgehead atoms. The molecule has 0 amide bonds. The summed E-state index contributed by atoms with van der Waals surface area (Å²) in [6.45, 7) is 1.73. The number of anilines is 3. The summed E-state index contributed by atoms with van der Waals surface area (Å²) in [6.07, 6.45) is 0. The number of fused-ring (bicyclic) bond motifs is 1. The van der Waals surface area contributed by atoms with Crippen LogP contribution in [0, 0.1) is 6.92 Å². The van der Waals surface area contributed by atoms with Crippen molar-refractivity contribution in [1.82, 2.24) is 9.97 Å². The monoisotopic (exact) mass is 360 g/mol. The number of nitrogens with two attached hydrogens (primary N) is 1. The number of hydrogen-bond donors (Lipinski definition) is 2. The van der Waals surface area contributed by atoms with Gasteiger partial charge in [-0.15, -0.1) is 0 Å². The fourth-order valence-corrected chi connectivity index (χ4v) is 3.12. The Labute approximate surface area is 138 Å². The van der Waals surface area contributed by atoms with E-state index in [1.54, 1.807) is 13.0 Å². The second-order valence-corrected chi connectivity index (χ2v) is 5.82. The number of hydrogen-bond acceptors (Lipinski definition) is 6. The third-order valence-electron chi connectivity index (χ3n) is 2.80. The van der Waals surface area contributed by atoms with Crippen LogP contribution in [0.15, 0.2) is 14.8 Å². The van der Waals surface area contributed by atoms with Crippen LogP contribution in [0.2, 0.25) is 15.3 Å². The standard InChI is InChI=1S/C11H7Cl3N6S/c1-3-6(15)10(18-11(14)16-3)17-7-4(12)2-5(13)8-9(7)20-21-19-8/h2H,15H2,1H3,(H,16,17,18). The maximum absolute atomic E-state index is 6.22. The van der Waals surface area contributed by atoms with Gasteiger partial charge in [-0.25, -0.2) is 4.98 Å². The smallest absolute Gasteiger partial charge is 0.224 e. The van der Waals surface area contributed by atoms with Gasteiger partial charge in [0.05, 0.1) is 38.5 Å². The van der Waals surface area contributed by atoms with Gasteiger partial charge in [-0.05, 0) is 24.6 Å². The zero-order valence-corrected chi connectivity index (χ0v) is 13.6. The lowest BCUT2D eigenvalue weighted by atomic mass is 10.2. The molecule has 0 unspecified atom stereocenters. The van der Waals surface area contributed by atoms with Crippen molar-refractivity contribution in [2.24, 2.45) is 8.73 Å². The van der Waals surface area contributed by atoms with E-state index in [-0.39, 0.29) is 5.28 Å². The molecule has 108 valence electrons. The molecular formula is C11H7Cl3N6S. The third kappa shape index (κ3) is 2.57. The van der Waals surface area contributed by atoms with E-state index in [4.69, 9.17) is 40.5 Å². The van der Waals surface area contributed by atoms with Crippen LogP contribution in [0.4, 0.5) is 28.6 Å². The number of benzene rings is 1. The molecule has 3 N–H and O–H groups in total. The molecular weight excluding hydrogens is 355 g/mol. The van der Waals surface area contributed by atoms with Gasteiger partial charge in [0, 0.05) is 0 Å². The first kappa shape index (κ1) is 14.5. The molecule has 0 saturated carbocycles. The lowest BCUT2D eigenvalue weighted by Gasteiger charge is -2.13. The van der Waals surface area contributed by atoms with Gasteiger partial charge in [0.25, 0.3) is 0 Å². The second kappa shape index (κ2) is 5.42. The first-order chi connectivity index (χ1) is 9.97. The molecule has 0 spiro atoms. The van der Waals surface area contributed by atoms with E-state index in [9.17, 15) is 0 Å². The number of nitrogens with one attached hydrogen (secondary N) is 1. The Balaban J connectivity index is 2.12. The van der Waals surface area contributed by atoms with E-state index in [0.29, 0.717) is 44.3 Å². The zero-order valence-electron chi connectivity index (χ0n) is 10.5. The first-order valence-electron chi connectivity index (χ1n) is 5.64. The summed E-state index contributed by atoms with van der Waals surface area (Å²) in [5.41, 5.74) is 8.52. The Hall–Kier alpha value is -1.41. The molecule has 0 saturated heterocycles. The Morgan fingerprint density at radius 2 is 1.81 bits per heavy atom. The maximum Gasteiger partial charge on any atom is 0.224 e. The van der Waals surface area contributed by atoms with Gasteiger partial charge in [-0.3, -0.25) is 0 Å². The molecule has 0 aliphatic carbocycles. The summed E-state index contributed by atoms with van der Waals surface area (Å²) in [6, 6.07) is 1.58. The van der Waals surface area contributed by atoms with Crippen molar-refractivity contribution in [3.8, 4) is 0 Å². The minimum atomic E-state index is 0.0851. The topological polar surface area (TPSA) is 88.5 Å². The van der Waals surface area contributed by atoms with E-state index in [1.165, 1.54) is 0 Å². The van der Waals surface area contributed by atoms with Gasteiger partial charge in [0.15, 0.2) is 5.82 Å². The van der Waals surface area contributed by atoms with Gasteiger partial charge in [0.1, 0.15) is 11.4 Å². The highest BCUT2D eigenvalue weighted by molar-refractivity contribution is 7.58. The molecule has 6 nitrogen and oxygen atoms in total. The Morgan fingerprint density at radius 1 is 1.10 bits per heavy atom. The van der Waals surface area contributed by atoms with Crippen LogP contribution in [0.3, 0.4) is 0 Å². The van der Waals surface area contributed by atoms with E-state index >= 15 is 0 Å². The van der Waals surface area contributed by atoms with Crippen molar-refractivity contribution in [3.05, 3.63) is 27.1 Å². The molecule has 0 fully saturated rings. The van der Waals surface area contributed by atoms with Crippen LogP contribution in [-0.2, 0) is 11.4 Å². The van der Waals surface area contributed by atoms with Crippen LogP contribution in [-0.4, -0.2) is 9.97 Å². The van der Waals surface area contributed by atoms with Crippen molar-refractivity contribution in [3.63, 3.8) is 0 Å². The molecule has 10 heteroatoms. The van der Waals surface area contributed by atoms with Crippen LogP contribution in [0.25, 0.3) is 0 Å². The molecule has 0 radical (unpaired) electrons. The molecule has 1 aliphatic rings. The van der Waals surface area contributed by atoms with Crippen molar-refractivity contribution < 1.29 is 0 Å². The fourth-order valence-electron chi connectivity index (χ4n) is 1.75. The number of aryl methyl sites for hydroxylation is 1. The molecule has 3 rings (SSSR count). The highest BCUT2D eigenvalue weighted by Crippen LogP contribution is 2.48. The highest BCUT2D eigenvalue weighted by Gasteiger charge is 2.20. The van der Waals surface area contributed by atoms with E-state index in [0.717, 1.165) is 11.4 Å². The summed E-state index contributed by atoms with van der Waals surface area (Å²) < 4.78 is 8.32. The Morgan fingerprint density at radius 3 is 2.57 bits per heavy atom. The van der Waals surface area contributed by atoms with Gasteiger partial charge >= 0.3 is 0 Å². The molecule has 1 aromatic carbocycles. The molecule has 2 aromatic rings. The maximum atomic E-state index is 6.22. The van der Waals surface area contributed by atoms with E-state index in [2.05, 4.69) is 24.0 Å². The number of nitrogen functional groups attached to an aromatic ring is 1. The number of halogens is 3. The van der Waals surface area contributed by atoms with E-state index < -0.39 is 0 Å². The predicted octanol–water partition coefficient (Wildman–Crippen LogP) is 4.80. The summed E-state index contributed by atoms with van der Waals surface area (Å²) in [7, 11) is 0. The zero-order chi connectivity index (χ0) is 15.1. The van der Waals surface area contributed by atoms with Crippen molar-refractivity contribution in [2.45, 2.75) is 6.92 Å². The first-order valence-corrected chi connectivity index (χ1v) is 7.50. The van der Waals surface area contributed by atoms with Crippen LogP contribution in [0.1, 0.15) is 5.69 Å². The SMILES string of the molecule is Cc1nc(Cl)nc(Nc2c(Cl)cc(Cl)c3c2N=S=N3)c1N. The van der Waals surface area contributed by atoms with Crippen molar-refractivity contribution in [2.75, 3.05) is 11.1 Å². The van der Waals surface area contributed by atoms with Gasteiger partial charge in [0.2, 0.25) is 5.28 Å².